The zero-order valence-electron chi connectivity index (χ0n) is 23.2. The van der Waals surface area contributed by atoms with Crippen LogP contribution in [0.3, 0.4) is 0 Å². The SMILES string of the molecule is CO[C@H]1[C@H](OC2CC(C)C(O)C(C)(OC)C2)c2c(cc3c(c2O)C(=O)c2c(O)cc(CO)cc2C3=O)C[C@@]1(C)O. The lowest BCUT2D eigenvalue weighted by Gasteiger charge is -2.48. The van der Waals surface area contributed by atoms with Crippen molar-refractivity contribution in [1.82, 2.24) is 0 Å². The lowest BCUT2D eigenvalue weighted by molar-refractivity contribution is -0.211. The van der Waals surface area contributed by atoms with E-state index in [-0.39, 0.29) is 45.7 Å². The molecule has 3 aliphatic rings. The number of ketones is 2. The molecule has 216 valence electrons. The highest BCUT2D eigenvalue weighted by atomic mass is 16.6. The van der Waals surface area contributed by atoms with E-state index in [0.717, 1.165) is 0 Å². The highest BCUT2D eigenvalue weighted by Gasteiger charge is 2.51. The maximum absolute atomic E-state index is 13.7. The molecule has 5 N–H and O–H groups in total. The molecular formula is C30H36O10. The molecule has 10 nitrogen and oxygen atoms in total. The lowest BCUT2D eigenvalue weighted by atomic mass is 9.72. The molecule has 0 aromatic heterocycles. The Labute approximate surface area is 232 Å². The average Bonchev–Trinajstić information content (AvgIpc) is 2.89. The number of rotatable bonds is 5. The van der Waals surface area contributed by atoms with Crippen molar-refractivity contribution in [1.29, 1.82) is 0 Å². The summed E-state index contributed by atoms with van der Waals surface area (Å²) in [5.74, 6) is -2.44. The van der Waals surface area contributed by atoms with E-state index < -0.39 is 65.3 Å². The van der Waals surface area contributed by atoms with Gasteiger partial charge >= 0.3 is 0 Å². The monoisotopic (exact) mass is 556 g/mol. The number of hydrogen-bond donors (Lipinski definition) is 5. The third-order valence-corrected chi connectivity index (χ3v) is 8.94. The Morgan fingerprint density at radius 3 is 2.33 bits per heavy atom. The van der Waals surface area contributed by atoms with Gasteiger partial charge in [0.2, 0.25) is 5.78 Å². The number of aromatic hydroxyl groups is 2. The second-order valence-corrected chi connectivity index (χ2v) is 11.8. The van der Waals surface area contributed by atoms with Gasteiger partial charge < -0.3 is 39.7 Å². The normalized spacial score (nSPS) is 33.4. The van der Waals surface area contributed by atoms with Crippen molar-refractivity contribution >= 4 is 11.6 Å². The first-order chi connectivity index (χ1) is 18.8. The summed E-state index contributed by atoms with van der Waals surface area (Å²) in [5, 5.41) is 53.9. The Kier molecular flexibility index (Phi) is 7.09. The van der Waals surface area contributed by atoms with Gasteiger partial charge in [-0.15, -0.1) is 0 Å². The van der Waals surface area contributed by atoms with Crippen LogP contribution < -0.4 is 0 Å². The Morgan fingerprint density at radius 1 is 1.02 bits per heavy atom. The Hall–Kier alpha value is -2.86. The molecule has 5 rings (SSSR count). The van der Waals surface area contributed by atoms with Crippen LogP contribution >= 0.6 is 0 Å². The van der Waals surface area contributed by atoms with E-state index in [1.807, 2.05) is 6.92 Å². The van der Waals surface area contributed by atoms with Crippen LogP contribution in [0.2, 0.25) is 0 Å². The van der Waals surface area contributed by atoms with E-state index in [1.165, 1.54) is 32.4 Å². The molecule has 2 aromatic rings. The van der Waals surface area contributed by atoms with Crippen molar-refractivity contribution in [3.63, 3.8) is 0 Å². The fraction of sp³-hybridized carbons (Fsp3) is 0.533. The first-order valence-corrected chi connectivity index (χ1v) is 13.4. The molecule has 0 aliphatic heterocycles. The second-order valence-electron chi connectivity index (χ2n) is 11.8. The summed E-state index contributed by atoms with van der Waals surface area (Å²) in [4.78, 5) is 27.2. The molecule has 1 fully saturated rings. The average molecular weight is 557 g/mol. The van der Waals surface area contributed by atoms with Crippen molar-refractivity contribution < 1.29 is 49.3 Å². The third-order valence-electron chi connectivity index (χ3n) is 8.94. The van der Waals surface area contributed by atoms with Crippen LogP contribution in [0.25, 0.3) is 0 Å². The van der Waals surface area contributed by atoms with Crippen LogP contribution in [0.15, 0.2) is 18.2 Å². The Morgan fingerprint density at radius 2 is 1.70 bits per heavy atom. The molecule has 2 aromatic carbocycles. The van der Waals surface area contributed by atoms with Crippen molar-refractivity contribution in [2.75, 3.05) is 14.2 Å². The highest BCUT2D eigenvalue weighted by Crippen LogP contribution is 2.50. The predicted molar refractivity (Wildman–Crippen MR) is 142 cm³/mol. The minimum absolute atomic E-state index is 0.00731. The summed E-state index contributed by atoms with van der Waals surface area (Å²) in [6.07, 6.45) is -2.34. The van der Waals surface area contributed by atoms with E-state index in [0.29, 0.717) is 18.4 Å². The maximum Gasteiger partial charge on any atom is 0.201 e. The topological polar surface area (TPSA) is 163 Å². The number of ether oxygens (including phenoxy) is 3. The molecule has 0 amide bonds. The standard InChI is InChI=1S/C30H36O10/c1-13-6-16(11-30(3,39-5)27(13)36)40-26-20-15(10-29(2,37)28(26)38-4)9-18-22(24(20)34)25(35)21-17(23(18)33)7-14(12-31)8-19(21)32/h7-9,13,16,26-28,31-32,34,36-37H,6,10-12H2,1-5H3/t13?,16?,26-,27?,28+,29-,30?/m1/s1. The summed E-state index contributed by atoms with van der Waals surface area (Å²) in [7, 11) is 2.94. The first-order valence-electron chi connectivity index (χ1n) is 13.4. The van der Waals surface area contributed by atoms with Crippen molar-refractivity contribution in [3.05, 3.63) is 57.1 Å². The van der Waals surface area contributed by atoms with Gasteiger partial charge in [-0.3, -0.25) is 9.59 Å². The van der Waals surface area contributed by atoms with Gasteiger partial charge in [0.1, 0.15) is 23.7 Å². The number of carbonyl (C=O) groups excluding carboxylic acids is 2. The molecule has 0 saturated heterocycles. The number of aliphatic hydroxyl groups excluding tert-OH is 2. The highest BCUT2D eigenvalue weighted by molar-refractivity contribution is 6.30. The van der Waals surface area contributed by atoms with Crippen molar-refractivity contribution in [2.24, 2.45) is 5.92 Å². The van der Waals surface area contributed by atoms with Crippen LogP contribution in [-0.4, -0.2) is 80.8 Å². The number of phenolic OH excluding ortho intramolecular Hbond substituents is 2. The molecule has 3 aliphatic carbocycles. The maximum atomic E-state index is 13.7. The number of carbonyl (C=O) groups is 2. The molecular weight excluding hydrogens is 520 g/mol. The number of benzene rings is 2. The second kappa shape index (κ2) is 9.90. The third kappa shape index (κ3) is 4.25. The summed E-state index contributed by atoms with van der Waals surface area (Å²) in [6, 6.07) is 4.04. The van der Waals surface area contributed by atoms with Crippen LogP contribution in [-0.2, 0) is 27.2 Å². The van der Waals surface area contributed by atoms with Gasteiger partial charge in [-0.1, -0.05) is 6.92 Å². The Balaban J connectivity index is 1.65. The van der Waals surface area contributed by atoms with Gasteiger partial charge in [0, 0.05) is 43.8 Å². The quantitative estimate of drug-likeness (QED) is 0.315. The van der Waals surface area contributed by atoms with E-state index >= 15 is 0 Å². The number of hydrogen-bond acceptors (Lipinski definition) is 10. The van der Waals surface area contributed by atoms with Gasteiger partial charge in [0.15, 0.2) is 5.78 Å². The first kappa shape index (κ1) is 28.7. The van der Waals surface area contributed by atoms with Crippen molar-refractivity contribution in [3.8, 4) is 11.5 Å². The van der Waals surface area contributed by atoms with Gasteiger partial charge in [-0.25, -0.2) is 0 Å². The van der Waals surface area contributed by atoms with Gasteiger partial charge in [-0.05, 0) is 55.5 Å². The van der Waals surface area contributed by atoms with Gasteiger partial charge in [-0.2, -0.15) is 0 Å². The molecule has 10 heteroatoms. The number of aliphatic hydroxyl groups is 3. The fourth-order valence-electron chi connectivity index (χ4n) is 6.87. The molecule has 7 atom stereocenters. The molecule has 0 heterocycles. The smallest absolute Gasteiger partial charge is 0.201 e. The lowest BCUT2D eigenvalue weighted by Crippen LogP contribution is -2.55. The van der Waals surface area contributed by atoms with E-state index in [9.17, 15) is 35.1 Å². The fourth-order valence-corrected chi connectivity index (χ4v) is 6.87. The molecule has 0 bridgehead atoms. The van der Waals surface area contributed by atoms with E-state index in [2.05, 4.69) is 0 Å². The van der Waals surface area contributed by atoms with Crippen LogP contribution in [0, 0.1) is 5.92 Å². The van der Waals surface area contributed by atoms with Gasteiger partial charge in [0.05, 0.1) is 41.1 Å². The Bertz CT molecular complexity index is 1380. The van der Waals surface area contributed by atoms with Crippen LogP contribution in [0.5, 0.6) is 11.5 Å². The van der Waals surface area contributed by atoms with E-state index in [1.54, 1.807) is 13.8 Å². The molecule has 1 saturated carbocycles. The number of phenols is 2. The molecule has 0 spiro atoms. The molecule has 4 unspecified atom stereocenters. The minimum atomic E-state index is -1.46. The van der Waals surface area contributed by atoms with Crippen LogP contribution in [0.4, 0.5) is 0 Å². The molecule has 40 heavy (non-hydrogen) atoms. The summed E-state index contributed by atoms with van der Waals surface area (Å²) in [5.41, 5.74) is -2.08. The minimum Gasteiger partial charge on any atom is -0.507 e. The zero-order valence-corrected chi connectivity index (χ0v) is 23.2. The summed E-state index contributed by atoms with van der Waals surface area (Å²) >= 11 is 0. The zero-order chi connectivity index (χ0) is 29.3. The van der Waals surface area contributed by atoms with E-state index in [4.69, 9.17) is 14.2 Å². The largest absolute Gasteiger partial charge is 0.507 e. The van der Waals surface area contributed by atoms with Gasteiger partial charge in [0.25, 0.3) is 0 Å². The van der Waals surface area contributed by atoms with Crippen LogP contribution in [0.1, 0.15) is 88.3 Å². The molecule has 0 radical (unpaired) electrons. The number of fused-ring (bicyclic) bond motifs is 3. The number of methoxy groups -OCH3 is 2. The predicted octanol–water partition coefficient (Wildman–Crippen LogP) is 2.31. The summed E-state index contributed by atoms with van der Waals surface area (Å²) in [6.45, 7) is 4.83. The van der Waals surface area contributed by atoms with Crippen molar-refractivity contribution in [2.45, 2.75) is 82.3 Å². The summed E-state index contributed by atoms with van der Waals surface area (Å²) < 4.78 is 17.9.